The number of esters is 1. The molecule has 2 saturated heterocycles. The second kappa shape index (κ2) is 12.1. The molecule has 1 aromatic rings. The van der Waals surface area contributed by atoms with Crippen molar-refractivity contribution < 1.29 is 32.6 Å². The largest absolute Gasteiger partial charge is 0.480 e. The van der Waals surface area contributed by atoms with Crippen LogP contribution in [-0.4, -0.2) is 91.5 Å². The van der Waals surface area contributed by atoms with Crippen LogP contribution in [0.15, 0.2) is 30.3 Å². The van der Waals surface area contributed by atoms with Gasteiger partial charge in [0.05, 0.1) is 12.6 Å². The minimum absolute atomic E-state index is 0.0192. The van der Waals surface area contributed by atoms with Crippen LogP contribution in [0, 0.1) is 5.92 Å². The molecule has 11 nitrogen and oxygen atoms in total. The van der Waals surface area contributed by atoms with E-state index in [1.54, 1.807) is 13.8 Å². The van der Waals surface area contributed by atoms with Gasteiger partial charge in [0.25, 0.3) is 10.2 Å². The Hall–Kier alpha value is -2.54. The van der Waals surface area contributed by atoms with Crippen molar-refractivity contribution in [3.63, 3.8) is 0 Å². The lowest BCUT2D eigenvalue weighted by molar-refractivity contribution is -0.152. The highest BCUT2D eigenvalue weighted by molar-refractivity contribution is 7.87. The van der Waals surface area contributed by atoms with Crippen molar-refractivity contribution in [1.82, 2.24) is 19.2 Å². The van der Waals surface area contributed by atoms with Gasteiger partial charge in [-0.05, 0) is 51.0 Å². The minimum atomic E-state index is -3.72. The molecule has 0 aromatic heterocycles. The molecule has 0 radical (unpaired) electrons. The molecule has 200 valence electrons. The van der Waals surface area contributed by atoms with E-state index in [1.165, 1.54) is 16.3 Å². The predicted octanol–water partition coefficient (Wildman–Crippen LogP) is 0.369. The molecule has 2 fully saturated rings. The summed E-state index contributed by atoms with van der Waals surface area (Å²) in [6.07, 6.45) is 1.70. The number of aliphatic carboxylic acids is 1. The van der Waals surface area contributed by atoms with E-state index in [-0.39, 0.29) is 32.0 Å². The van der Waals surface area contributed by atoms with Gasteiger partial charge in [0.15, 0.2) is 0 Å². The minimum Gasteiger partial charge on any atom is -0.480 e. The van der Waals surface area contributed by atoms with Crippen LogP contribution in [0.5, 0.6) is 0 Å². The number of amides is 1. The Bertz CT molecular complexity index is 1040. The summed E-state index contributed by atoms with van der Waals surface area (Å²) in [5.41, 5.74) is 1.04. The van der Waals surface area contributed by atoms with Crippen LogP contribution in [-0.2, 0) is 35.8 Å². The van der Waals surface area contributed by atoms with Gasteiger partial charge in [0, 0.05) is 26.2 Å². The maximum Gasteiger partial charge on any atom is 0.326 e. The van der Waals surface area contributed by atoms with Gasteiger partial charge >= 0.3 is 11.9 Å². The van der Waals surface area contributed by atoms with Gasteiger partial charge in [-0.15, -0.1) is 0 Å². The molecule has 2 aliphatic rings. The number of carbonyl (C=O) groups is 3. The summed E-state index contributed by atoms with van der Waals surface area (Å²) in [5.74, 6) is -2.21. The van der Waals surface area contributed by atoms with Crippen LogP contribution in [0.3, 0.4) is 0 Å². The topological polar surface area (TPSA) is 145 Å². The lowest BCUT2D eigenvalue weighted by Gasteiger charge is -2.39. The lowest BCUT2D eigenvalue weighted by atomic mass is 9.92. The van der Waals surface area contributed by atoms with E-state index in [0.717, 1.165) is 5.56 Å². The number of likely N-dealkylation sites (tertiary alicyclic amines) is 1. The number of carboxylic acid groups (broad SMARTS) is 1. The monoisotopic (exact) mass is 524 g/mol. The fraction of sp³-hybridized carbons (Fsp3) is 0.625. The van der Waals surface area contributed by atoms with Crippen LogP contribution in [0.25, 0.3) is 0 Å². The van der Waals surface area contributed by atoms with Crippen LogP contribution in [0.4, 0.5) is 0 Å². The van der Waals surface area contributed by atoms with Gasteiger partial charge < -0.3 is 14.7 Å². The van der Waals surface area contributed by atoms with Crippen LogP contribution in [0.2, 0.25) is 0 Å². The zero-order valence-electron chi connectivity index (χ0n) is 20.9. The van der Waals surface area contributed by atoms with Gasteiger partial charge in [0.2, 0.25) is 5.91 Å². The van der Waals surface area contributed by atoms with Crippen molar-refractivity contribution in [2.75, 3.05) is 26.7 Å². The molecule has 5 atom stereocenters. The Balaban J connectivity index is 1.77. The summed E-state index contributed by atoms with van der Waals surface area (Å²) in [4.78, 5) is 39.6. The molecule has 3 rings (SSSR count). The Morgan fingerprint density at radius 2 is 1.92 bits per heavy atom. The molecule has 0 aliphatic carbocycles. The second-order valence-corrected chi connectivity index (χ2v) is 11.1. The zero-order chi connectivity index (χ0) is 26.5. The number of nitrogens with one attached hydrogen (secondary N) is 2. The number of hydrogen-bond acceptors (Lipinski definition) is 7. The van der Waals surface area contributed by atoms with E-state index in [1.807, 2.05) is 30.3 Å². The summed E-state index contributed by atoms with van der Waals surface area (Å²) >= 11 is 0. The first-order chi connectivity index (χ1) is 17.1. The summed E-state index contributed by atoms with van der Waals surface area (Å²) in [5, 5.41) is 12.9. The number of carboxylic acids is 1. The number of hydrogen-bond donors (Lipinski definition) is 3. The molecule has 1 aromatic carbocycles. The average molecular weight is 525 g/mol. The SMILES string of the molecule is CCOC(=O)[C@@H](CCc1ccccc1)N[C@H](C)C(=O)N1[C@@H](C(=O)O)C[C@H]2CCN(S(=O)(=O)NC)C[C@@H]21. The molecule has 1 amide bonds. The Morgan fingerprint density at radius 3 is 2.53 bits per heavy atom. The van der Waals surface area contributed by atoms with Crippen LogP contribution < -0.4 is 10.0 Å². The predicted molar refractivity (Wildman–Crippen MR) is 132 cm³/mol. The number of rotatable bonds is 11. The van der Waals surface area contributed by atoms with E-state index in [0.29, 0.717) is 19.3 Å². The summed E-state index contributed by atoms with van der Waals surface area (Å²) < 4.78 is 33.5. The number of ether oxygens (including phenoxy) is 1. The highest BCUT2D eigenvalue weighted by Crippen LogP contribution is 2.37. The van der Waals surface area contributed by atoms with E-state index < -0.39 is 52.2 Å². The fourth-order valence-electron chi connectivity index (χ4n) is 5.12. The Morgan fingerprint density at radius 1 is 1.22 bits per heavy atom. The number of fused-ring (bicyclic) bond motifs is 1. The van der Waals surface area contributed by atoms with Crippen molar-refractivity contribution in [1.29, 1.82) is 0 Å². The van der Waals surface area contributed by atoms with E-state index in [9.17, 15) is 27.9 Å². The molecule has 36 heavy (non-hydrogen) atoms. The number of benzene rings is 1. The van der Waals surface area contributed by atoms with Crippen LogP contribution in [0.1, 0.15) is 38.7 Å². The normalized spacial score (nSPS) is 24.1. The number of aryl methyl sites for hydroxylation is 1. The van der Waals surface area contributed by atoms with Crippen molar-refractivity contribution in [3.05, 3.63) is 35.9 Å². The highest BCUT2D eigenvalue weighted by Gasteiger charge is 2.51. The van der Waals surface area contributed by atoms with Gasteiger partial charge in [-0.2, -0.15) is 12.7 Å². The van der Waals surface area contributed by atoms with Crippen molar-refractivity contribution in [3.8, 4) is 0 Å². The Labute approximate surface area is 212 Å². The molecule has 3 N–H and O–H groups in total. The third-order valence-corrected chi connectivity index (χ3v) is 8.53. The first kappa shape index (κ1) is 28.0. The molecule has 0 bridgehead atoms. The summed E-state index contributed by atoms with van der Waals surface area (Å²) in [6.45, 7) is 3.77. The summed E-state index contributed by atoms with van der Waals surface area (Å²) in [7, 11) is -2.40. The van der Waals surface area contributed by atoms with Gasteiger partial charge in [0.1, 0.15) is 12.1 Å². The van der Waals surface area contributed by atoms with Crippen molar-refractivity contribution in [2.24, 2.45) is 5.92 Å². The van der Waals surface area contributed by atoms with Crippen molar-refractivity contribution >= 4 is 28.1 Å². The molecular weight excluding hydrogens is 488 g/mol. The molecular formula is C24H36N4O7S. The molecule has 2 heterocycles. The number of piperidine rings is 1. The first-order valence-electron chi connectivity index (χ1n) is 12.3. The molecule has 0 saturated carbocycles. The average Bonchev–Trinajstić information content (AvgIpc) is 3.25. The molecule has 12 heteroatoms. The van der Waals surface area contributed by atoms with E-state index in [2.05, 4.69) is 10.0 Å². The van der Waals surface area contributed by atoms with E-state index >= 15 is 0 Å². The van der Waals surface area contributed by atoms with Gasteiger partial charge in [-0.1, -0.05) is 30.3 Å². The fourth-order valence-corrected chi connectivity index (χ4v) is 6.07. The third kappa shape index (κ3) is 6.41. The smallest absolute Gasteiger partial charge is 0.326 e. The standard InChI is InChI=1S/C24H36N4O7S/c1-4-35-24(32)19(11-10-17-8-6-5-7-9-17)26-16(2)22(29)28-20(23(30)31)14-18-12-13-27(15-21(18)28)36(33,34)25-3/h5-9,16,18-21,25-26H,4,10-15H2,1-3H3,(H,30,31)/t16-,18-,19-,20-,21+/m1/s1. The maximum absolute atomic E-state index is 13.6. The zero-order valence-corrected chi connectivity index (χ0v) is 21.7. The van der Waals surface area contributed by atoms with Crippen molar-refractivity contribution in [2.45, 2.75) is 63.7 Å². The third-order valence-electron chi connectivity index (χ3n) is 7.00. The quantitative estimate of drug-likeness (QED) is 0.352. The number of nitrogens with zero attached hydrogens (tertiary/aromatic N) is 2. The van der Waals surface area contributed by atoms with E-state index in [4.69, 9.17) is 4.74 Å². The maximum atomic E-state index is 13.6. The highest BCUT2D eigenvalue weighted by atomic mass is 32.2. The molecule has 0 spiro atoms. The van der Waals surface area contributed by atoms with Gasteiger partial charge in [-0.3, -0.25) is 14.9 Å². The van der Waals surface area contributed by atoms with Crippen LogP contribution >= 0.6 is 0 Å². The number of carbonyl (C=O) groups excluding carboxylic acids is 2. The second-order valence-electron chi connectivity index (χ2n) is 9.24. The van der Waals surface area contributed by atoms with Gasteiger partial charge in [-0.25, -0.2) is 9.52 Å². The molecule has 0 unspecified atom stereocenters. The Kier molecular flexibility index (Phi) is 9.45. The summed E-state index contributed by atoms with van der Waals surface area (Å²) in [6, 6.07) is 6.36. The molecule has 2 aliphatic heterocycles. The lowest BCUT2D eigenvalue weighted by Crippen LogP contribution is -2.59. The first-order valence-corrected chi connectivity index (χ1v) is 13.7.